The maximum absolute atomic E-state index is 12.4. The van der Waals surface area contributed by atoms with Crippen LogP contribution in [0.4, 0.5) is 0 Å². The highest BCUT2D eigenvalue weighted by atomic mass is 16.5. The van der Waals surface area contributed by atoms with Crippen LogP contribution in [-0.2, 0) is 5.60 Å². The number of nitrogens with zero attached hydrogens (tertiary/aromatic N) is 1. The van der Waals surface area contributed by atoms with Gasteiger partial charge in [0.25, 0.3) is 0 Å². The van der Waals surface area contributed by atoms with Crippen molar-refractivity contribution in [2.45, 2.75) is 31.3 Å². The third-order valence-electron chi connectivity index (χ3n) is 6.88. The Morgan fingerprint density at radius 2 is 1.68 bits per heavy atom. The normalized spacial score (nSPS) is 25.1. The molecule has 0 spiro atoms. The number of piperidine rings is 1. The van der Waals surface area contributed by atoms with E-state index in [1.807, 2.05) is 18.2 Å². The number of rotatable bonds is 4. The Balaban J connectivity index is 1.55. The van der Waals surface area contributed by atoms with Gasteiger partial charge in [0.2, 0.25) is 0 Å². The molecule has 0 radical (unpaired) electrons. The molecule has 1 saturated heterocycles. The van der Waals surface area contributed by atoms with Crippen LogP contribution in [0.15, 0.2) is 42.5 Å². The van der Waals surface area contributed by atoms with Crippen LogP contribution in [-0.4, -0.2) is 36.8 Å². The largest absolute Gasteiger partial charge is 0.497 e. The molecule has 1 heterocycles. The van der Waals surface area contributed by atoms with Crippen LogP contribution in [0, 0.1) is 11.8 Å². The zero-order valence-corrected chi connectivity index (χ0v) is 16.6. The molecule has 2 fully saturated rings. The van der Waals surface area contributed by atoms with Crippen molar-refractivity contribution in [2.75, 3.05) is 26.7 Å². The molecule has 1 saturated carbocycles. The SMILES string of the molecule is COc1ccc2c(c1)C(O)(C1CCN(CC3CC3)CC1)c1ccccc1C=C2. The van der Waals surface area contributed by atoms with Crippen molar-refractivity contribution in [3.8, 4) is 5.75 Å². The fourth-order valence-electron chi connectivity index (χ4n) is 5.09. The van der Waals surface area contributed by atoms with E-state index < -0.39 is 5.60 Å². The summed E-state index contributed by atoms with van der Waals surface area (Å²) in [5.74, 6) is 1.93. The van der Waals surface area contributed by atoms with E-state index in [0.29, 0.717) is 0 Å². The average Bonchev–Trinajstić information content (AvgIpc) is 3.57. The molecule has 0 bridgehead atoms. The Labute approximate surface area is 167 Å². The molecule has 1 N–H and O–H groups in total. The molecular weight excluding hydrogens is 346 g/mol. The van der Waals surface area contributed by atoms with Crippen molar-refractivity contribution in [3.05, 3.63) is 64.7 Å². The summed E-state index contributed by atoms with van der Waals surface area (Å²) >= 11 is 0. The second-order valence-corrected chi connectivity index (χ2v) is 8.66. The zero-order valence-electron chi connectivity index (χ0n) is 16.6. The Kier molecular flexibility index (Phi) is 4.53. The Bertz CT molecular complexity index is 893. The fourth-order valence-corrected chi connectivity index (χ4v) is 5.09. The number of benzene rings is 2. The second-order valence-electron chi connectivity index (χ2n) is 8.66. The van der Waals surface area contributed by atoms with Gasteiger partial charge in [0.1, 0.15) is 11.4 Å². The zero-order chi connectivity index (χ0) is 19.1. The number of fused-ring (bicyclic) bond motifs is 2. The van der Waals surface area contributed by atoms with Gasteiger partial charge in [-0.1, -0.05) is 42.5 Å². The van der Waals surface area contributed by atoms with E-state index >= 15 is 0 Å². The van der Waals surface area contributed by atoms with Crippen molar-refractivity contribution < 1.29 is 9.84 Å². The van der Waals surface area contributed by atoms with Crippen molar-refractivity contribution >= 4 is 12.2 Å². The summed E-state index contributed by atoms with van der Waals surface area (Å²) in [7, 11) is 1.69. The topological polar surface area (TPSA) is 32.7 Å². The summed E-state index contributed by atoms with van der Waals surface area (Å²) in [4.78, 5) is 2.60. The predicted molar refractivity (Wildman–Crippen MR) is 113 cm³/mol. The maximum atomic E-state index is 12.4. The third kappa shape index (κ3) is 3.07. The number of methoxy groups -OCH3 is 1. The Morgan fingerprint density at radius 1 is 0.964 bits per heavy atom. The van der Waals surface area contributed by atoms with Crippen LogP contribution in [0.2, 0.25) is 0 Å². The molecule has 146 valence electrons. The van der Waals surface area contributed by atoms with Gasteiger partial charge < -0.3 is 14.7 Å². The standard InChI is InChI=1S/C25H29NO2/c1-28-22-11-10-20-9-8-19-4-2-3-5-23(19)25(27,24(20)16-22)21-12-14-26(15-13-21)17-18-6-7-18/h2-5,8-11,16,18,21,27H,6-7,12-15,17H2,1H3. The number of hydrogen-bond acceptors (Lipinski definition) is 3. The first-order valence-corrected chi connectivity index (χ1v) is 10.6. The summed E-state index contributed by atoms with van der Waals surface area (Å²) in [5, 5.41) is 12.4. The summed E-state index contributed by atoms with van der Waals surface area (Å²) in [6, 6.07) is 14.4. The van der Waals surface area contributed by atoms with Crippen LogP contribution in [0.1, 0.15) is 47.9 Å². The highest BCUT2D eigenvalue weighted by molar-refractivity contribution is 5.77. The van der Waals surface area contributed by atoms with E-state index in [9.17, 15) is 5.11 Å². The van der Waals surface area contributed by atoms with Gasteiger partial charge in [-0.25, -0.2) is 0 Å². The van der Waals surface area contributed by atoms with Crippen molar-refractivity contribution in [3.63, 3.8) is 0 Å². The minimum absolute atomic E-state index is 0.204. The number of aliphatic hydroxyl groups is 1. The van der Waals surface area contributed by atoms with Crippen LogP contribution < -0.4 is 4.74 Å². The van der Waals surface area contributed by atoms with Crippen LogP contribution in [0.5, 0.6) is 5.75 Å². The van der Waals surface area contributed by atoms with Crippen LogP contribution >= 0.6 is 0 Å². The average molecular weight is 376 g/mol. The minimum Gasteiger partial charge on any atom is -0.497 e. The highest BCUT2D eigenvalue weighted by Crippen LogP contribution is 2.47. The van der Waals surface area contributed by atoms with Gasteiger partial charge in [-0.15, -0.1) is 0 Å². The number of hydrogen-bond donors (Lipinski definition) is 1. The summed E-state index contributed by atoms with van der Waals surface area (Å²) < 4.78 is 5.51. The van der Waals surface area contributed by atoms with E-state index in [-0.39, 0.29) is 5.92 Å². The number of likely N-dealkylation sites (tertiary alicyclic amines) is 1. The predicted octanol–water partition coefficient (Wildman–Crippen LogP) is 4.54. The van der Waals surface area contributed by atoms with Gasteiger partial charge in [-0.3, -0.25) is 0 Å². The lowest BCUT2D eigenvalue weighted by molar-refractivity contribution is -0.0149. The first kappa shape index (κ1) is 18.0. The monoisotopic (exact) mass is 375 g/mol. The number of ether oxygens (including phenoxy) is 1. The Morgan fingerprint density at radius 3 is 2.39 bits per heavy atom. The molecule has 1 aliphatic heterocycles. The Hall–Kier alpha value is -2.10. The first-order valence-electron chi connectivity index (χ1n) is 10.6. The van der Waals surface area contributed by atoms with Gasteiger partial charge >= 0.3 is 0 Å². The lowest BCUT2D eigenvalue weighted by Crippen LogP contribution is -2.45. The van der Waals surface area contributed by atoms with E-state index in [2.05, 4.69) is 41.3 Å². The highest BCUT2D eigenvalue weighted by Gasteiger charge is 2.44. The van der Waals surface area contributed by atoms with E-state index in [1.165, 1.54) is 19.4 Å². The molecule has 3 aliphatic rings. The van der Waals surface area contributed by atoms with Gasteiger partial charge in [0, 0.05) is 6.54 Å². The van der Waals surface area contributed by atoms with Crippen molar-refractivity contribution in [1.82, 2.24) is 4.90 Å². The van der Waals surface area contributed by atoms with E-state index in [0.717, 1.165) is 59.9 Å². The van der Waals surface area contributed by atoms with Crippen LogP contribution in [0.3, 0.4) is 0 Å². The summed E-state index contributed by atoms with van der Waals surface area (Å²) in [6.45, 7) is 3.41. The molecule has 1 unspecified atom stereocenters. The lowest BCUT2D eigenvalue weighted by Gasteiger charge is -2.43. The van der Waals surface area contributed by atoms with E-state index in [4.69, 9.17) is 4.74 Å². The van der Waals surface area contributed by atoms with Gasteiger partial charge in [-0.05, 0) is 85.0 Å². The molecular formula is C25H29NO2. The van der Waals surface area contributed by atoms with Crippen LogP contribution in [0.25, 0.3) is 12.2 Å². The molecule has 28 heavy (non-hydrogen) atoms. The molecule has 3 heteroatoms. The van der Waals surface area contributed by atoms with Gasteiger partial charge in [0.05, 0.1) is 7.11 Å². The summed E-state index contributed by atoms with van der Waals surface area (Å²) in [6.07, 6.45) is 9.11. The first-order chi connectivity index (χ1) is 13.7. The molecule has 2 aromatic carbocycles. The molecule has 0 aromatic heterocycles. The molecule has 5 rings (SSSR count). The van der Waals surface area contributed by atoms with Gasteiger partial charge in [0.15, 0.2) is 0 Å². The maximum Gasteiger partial charge on any atom is 0.119 e. The fraction of sp³-hybridized carbons (Fsp3) is 0.440. The third-order valence-corrected chi connectivity index (χ3v) is 6.88. The quantitative estimate of drug-likeness (QED) is 0.852. The smallest absolute Gasteiger partial charge is 0.119 e. The molecule has 2 aromatic rings. The molecule has 2 aliphatic carbocycles. The minimum atomic E-state index is -0.990. The summed E-state index contributed by atoms with van der Waals surface area (Å²) in [5.41, 5.74) is 3.21. The van der Waals surface area contributed by atoms with E-state index in [1.54, 1.807) is 7.11 Å². The van der Waals surface area contributed by atoms with Crippen molar-refractivity contribution in [2.24, 2.45) is 11.8 Å². The second kappa shape index (κ2) is 7.06. The van der Waals surface area contributed by atoms with Gasteiger partial charge in [-0.2, -0.15) is 0 Å². The van der Waals surface area contributed by atoms with Crippen molar-refractivity contribution in [1.29, 1.82) is 0 Å². The molecule has 0 amide bonds. The molecule has 1 atom stereocenters. The molecule has 3 nitrogen and oxygen atoms in total. The lowest BCUT2D eigenvalue weighted by atomic mass is 9.70.